The van der Waals surface area contributed by atoms with Crippen LogP contribution in [0.5, 0.6) is 0 Å². The highest BCUT2D eigenvalue weighted by atomic mass is 16.4. The summed E-state index contributed by atoms with van der Waals surface area (Å²) in [5.74, 6) is -0.460. The van der Waals surface area contributed by atoms with E-state index in [-0.39, 0.29) is 12.2 Å². The van der Waals surface area contributed by atoms with Crippen LogP contribution in [-0.4, -0.2) is 39.1 Å². The van der Waals surface area contributed by atoms with Crippen molar-refractivity contribution in [2.45, 2.75) is 19.8 Å². The van der Waals surface area contributed by atoms with E-state index < -0.39 is 5.97 Å². The maximum absolute atomic E-state index is 11.0. The number of unbranched alkanes of at least 4 members (excludes halogenated alkanes) is 1. The van der Waals surface area contributed by atoms with Gasteiger partial charge >= 0.3 is 5.97 Å². The van der Waals surface area contributed by atoms with Crippen molar-refractivity contribution in [2.75, 3.05) is 18.5 Å². The fourth-order valence-corrected chi connectivity index (χ4v) is 1.56. The third-order valence-electron chi connectivity index (χ3n) is 2.31. The molecule has 0 atom stereocenters. The number of aromatic nitrogens is 2. The molecule has 6 heteroatoms. The largest absolute Gasteiger partial charge is 0.477 e. The van der Waals surface area contributed by atoms with Gasteiger partial charge in [-0.25, -0.2) is 4.79 Å². The quantitative estimate of drug-likeness (QED) is 0.620. The molecule has 0 saturated heterocycles. The fourth-order valence-electron chi connectivity index (χ4n) is 1.56. The number of carboxylic acid groups (broad SMARTS) is 1. The number of carboxylic acids is 1. The van der Waals surface area contributed by atoms with Crippen LogP contribution in [0.3, 0.4) is 0 Å². The van der Waals surface area contributed by atoms with Crippen LogP contribution in [0.1, 0.15) is 28.9 Å². The molecule has 0 bridgehead atoms. The van der Waals surface area contributed by atoms with Crippen LogP contribution >= 0.6 is 0 Å². The van der Waals surface area contributed by atoms with E-state index in [1.807, 2.05) is 0 Å². The maximum Gasteiger partial charge on any atom is 0.341 e. The smallest absolute Gasteiger partial charge is 0.341 e. The van der Waals surface area contributed by atoms with E-state index in [1.54, 1.807) is 14.0 Å². The molecule has 6 nitrogen and oxygen atoms in total. The Morgan fingerprint density at radius 3 is 2.75 bits per heavy atom. The van der Waals surface area contributed by atoms with E-state index in [9.17, 15) is 4.79 Å². The zero-order chi connectivity index (χ0) is 12.1. The lowest BCUT2D eigenvalue weighted by Crippen LogP contribution is -2.10. The van der Waals surface area contributed by atoms with Crippen LogP contribution in [0.25, 0.3) is 0 Å². The van der Waals surface area contributed by atoms with Crippen LogP contribution in [0.4, 0.5) is 5.82 Å². The van der Waals surface area contributed by atoms with Crippen LogP contribution in [-0.2, 0) is 7.05 Å². The molecule has 0 spiro atoms. The van der Waals surface area contributed by atoms with Gasteiger partial charge in [0.25, 0.3) is 0 Å². The predicted molar refractivity (Wildman–Crippen MR) is 59.7 cm³/mol. The first kappa shape index (κ1) is 12.5. The maximum atomic E-state index is 11.0. The van der Waals surface area contributed by atoms with Crippen molar-refractivity contribution >= 4 is 11.8 Å². The summed E-state index contributed by atoms with van der Waals surface area (Å²) in [6, 6.07) is 0. The second kappa shape index (κ2) is 5.50. The van der Waals surface area contributed by atoms with E-state index in [0.29, 0.717) is 24.5 Å². The molecule has 90 valence electrons. The first-order valence-electron chi connectivity index (χ1n) is 5.19. The first-order valence-corrected chi connectivity index (χ1v) is 5.19. The lowest BCUT2D eigenvalue weighted by Gasteiger charge is -2.07. The van der Waals surface area contributed by atoms with Gasteiger partial charge in [0.1, 0.15) is 11.4 Å². The van der Waals surface area contributed by atoms with Crippen molar-refractivity contribution in [2.24, 2.45) is 7.05 Å². The van der Waals surface area contributed by atoms with Crippen molar-refractivity contribution in [3.8, 4) is 0 Å². The number of aryl methyl sites for hydroxylation is 2. The van der Waals surface area contributed by atoms with E-state index in [1.165, 1.54) is 4.68 Å². The molecule has 0 radical (unpaired) electrons. The molecule has 0 aliphatic heterocycles. The first-order chi connectivity index (χ1) is 7.57. The number of carbonyl (C=O) groups is 1. The van der Waals surface area contributed by atoms with Crippen molar-refractivity contribution < 1.29 is 15.0 Å². The highest BCUT2D eigenvalue weighted by Gasteiger charge is 2.18. The Labute approximate surface area is 93.9 Å². The van der Waals surface area contributed by atoms with Gasteiger partial charge in [-0.3, -0.25) is 4.68 Å². The molecule has 1 aromatic heterocycles. The topological polar surface area (TPSA) is 87.4 Å². The van der Waals surface area contributed by atoms with E-state index in [4.69, 9.17) is 10.2 Å². The second-order valence-corrected chi connectivity index (χ2v) is 3.60. The van der Waals surface area contributed by atoms with Crippen LogP contribution in [0, 0.1) is 6.92 Å². The molecule has 0 aliphatic rings. The number of rotatable bonds is 6. The fraction of sp³-hybridized carbons (Fsp3) is 0.600. The molecule has 0 saturated carbocycles. The van der Waals surface area contributed by atoms with Gasteiger partial charge in [-0.15, -0.1) is 0 Å². The Hall–Kier alpha value is -1.56. The SMILES string of the molecule is Cc1nn(C)c(NCCCCO)c1C(=O)O. The van der Waals surface area contributed by atoms with Crippen molar-refractivity contribution in [1.82, 2.24) is 9.78 Å². The number of aliphatic hydroxyl groups excluding tert-OH is 1. The number of aliphatic hydroxyl groups is 1. The summed E-state index contributed by atoms with van der Waals surface area (Å²) in [6.07, 6.45) is 1.49. The van der Waals surface area contributed by atoms with Crippen LogP contribution in [0.15, 0.2) is 0 Å². The van der Waals surface area contributed by atoms with Gasteiger partial charge in [0.15, 0.2) is 0 Å². The lowest BCUT2D eigenvalue weighted by atomic mass is 10.2. The summed E-state index contributed by atoms with van der Waals surface area (Å²) < 4.78 is 1.53. The van der Waals surface area contributed by atoms with Gasteiger partial charge in [0, 0.05) is 20.2 Å². The standard InChI is InChI=1S/C10H17N3O3/c1-7-8(10(15)16)9(13(2)12-7)11-5-3-4-6-14/h11,14H,3-6H2,1-2H3,(H,15,16). The van der Waals surface area contributed by atoms with E-state index >= 15 is 0 Å². The van der Waals surface area contributed by atoms with E-state index in [0.717, 1.165) is 6.42 Å². The molecule has 0 aromatic carbocycles. The average molecular weight is 227 g/mol. The number of nitrogens with zero attached hydrogens (tertiary/aromatic N) is 2. The van der Waals surface area contributed by atoms with Gasteiger partial charge in [-0.2, -0.15) is 5.10 Å². The van der Waals surface area contributed by atoms with Crippen molar-refractivity contribution in [1.29, 1.82) is 0 Å². The molecular weight excluding hydrogens is 210 g/mol. The summed E-state index contributed by atoms with van der Waals surface area (Å²) in [6.45, 7) is 2.44. The van der Waals surface area contributed by atoms with Crippen LogP contribution in [0.2, 0.25) is 0 Å². The minimum absolute atomic E-state index is 0.151. The molecule has 0 aliphatic carbocycles. The second-order valence-electron chi connectivity index (χ2n) is 3.60. The Morgan fingerprint density at radius 2 is 2.19 bits per heavy atom. The minimum Gasteiger partial charge on any atom is -0.477 e. The summed E-state index contributed by atoms with van der Waals surface area (Å²) in [5, 5.41) is 24.7. The van der Waals surface area contributed by atoms with Gasteiger partial charge in [0.05, 0.1) is 5.69 Å². The minimum atomic E-state index is -0.977. The third-order valence-corrected chi connectivity index (χ3v) is 2.31. The monoisotopic (exact) mass is 227 g/mol. The number of aromatic carboxylic acids is 1. The summed E-state index contributed by atoms with van der Waals surface area (Å²) in [5.41, 5.74) is 0.714. The van der Waals surface area contributed by atoms with Gasteiger partial charge in [-0.05, 0) is 19.8 Å². The Kier molecular flexibility index (Phi) is 4.30. The summed E-state index contributed by atoms with van der Waals surface area (Å²) in [4.78, 5) is 11.0. The van der Waals surface area contributed by atoms with E-state index in [2.05, 4.69) is 10.4 Å². The molecule has 16 heavy (non-hydrogen) atoms. The number of hydrogen-bond acceptors (Lipinski definition) is 4. The highest BCUT2D eigenvalue weighted by Crippen LogP contribution is 2.18. The van der Waals surface area contributed by atoms with Gasteiger partial charge in [-0.1, -0.05) is 0 Å². The molecule has 1 rings (SSSR count). The molecular formula is C10H17N3O3. The molecule has 1 aromatic rings. The Balaban J connectivity index is 2.74. The zero-order valence-corrected chi connectivity index (χ0v) is 9.53. The Morgan fingerprint density at radius 1 is 1.50 bits per heavy atom. The highest BCUT2D eigenvalue weighted by molar-refractivity contribution is 5.94. The summed E-state index contributed by atoms with van der Waals surface area (Å²) in [7, 11) is 1.70. The Bertz CT molecular complexity index is 374. The molecule has 0 unspecified atom stereocenters. The number of nitrogens with one attached hydrogen (secondary N) is 1. The molecule has 0 amide bonds. The molecule has 0 fully saturated rings. The van der Waals surface area contributed by atoms with Crippen molar-refractivity contribution in [3.05, 3.63) is 11.3 Å². The van der Waals surface area contributed by atoms with Gasteiger partial charge in [0.2, 0.25) is 0 Å². The van der Waals surface area contributed by atoms with Crippen LogP contribution < -0.4 is 5.32 Å². The molecule has 1 heterocycles. The third kappa shape index (κ3) is 2.73. The average Bonchev–Trinajstić information content (AvgIpc) is 2.48. The molecule has 3 N–H and O–H groups in total. The number of hydrogen-bond donors (Lipinski definition) is 3. The van der Waals surface area contributed by atoms with Gasteiger partial charge < -0.3 is 15.5 Å². The zero-order valence-electron chi connectivity index (χ0n) is 9.53. The summed E-state index contributed by atoms with van der Waals surface area (Å²) >= 11 is 0. The predicted octanol–water partition coefficient (Wildman–Crippen LogP) is 0.611. The van der Waals surface area contributed by atoms with Crippen molar-refractivity contribution in [3.63, 3.8) is 0 Å². The number of anilines is 1. The normalized spacial score (nSPS) is 10.4. The lowest BCUT2D eigenvalue weighted by molar-refractivity contribution is 0.0697.